The second-order valence-corrected chi connectivity index (χ2v) is 4.39. The lowest BCUT2D eigenvalue weighted by Gasteiger charge is -2.26. The van der Waals surface area contributed by atoms with Gasteiger partial charge in [0.1, 0.15) is 0 Å². The number of likely N-dealkylation sites (N-methyl/N-ethyl adjacent to an activating group) is 1. The van der Waals surface area contributed by atoms with Gasteiger partial charge in [0, 0.05) is 19.3 Å². The maximum absolute atomic E-state index is 2.34. The number of nitrogens with zero attached hydrogens (tertiary/aromatic N) is 1. The summed E-state index contributed by atoms with van der Waals surface area (Å²) in [6.07, 6.45) is 14.5. The molecular weight excluding hydrogens is 206 g/mol. The van der Waals surface area contributed by atoms with E-state index >= 15 is 0 Å². The van der Waals surface area contributed by atoms with Gasteiger partial charge in [-0.2, -0.15) is 0 Å². The van der Waals surface area contributed by atoms with Crippen LogP contribution >= 0.6 is 0 Å². The predicted molar refractivity (Wildman–Crippen MR) is 76.9 cm³/mol. The molecule has 1 nitrogen and oxygen atoms in total. The van der Waals surface area contributed by atoms with E-state index in [2.05, 4.69) is 63.1 Å². The Balaban J connectivity index is 3.12. The van der Waals surface area contributed by atoms with Crippen LogP contribution in [-0.4, -0.2) is 18.5 Å². The molecule has 1 aliphatic carbocycles. The minimum absolute atomic E-state index is 1.05. The molecule has 0 N–H and O–H groups in total. The molecule has 0 unspecified atom stereocenters. The third-order valence-corrected chi connectivity index (χ3v) is 3.29. The van der Waals surface area contributed by atoms with Crippen molar-refractivity contribution in [3.63, 3.8) is 0 Å². The van der Waals surface area contributed by atoms with Crippen molar-refractivity contribution in [2.45, 2.75) is 40.0 Å². The van der Waals surface area contributed by atoms with Crippen molar-refractivity contribution >= 4 is 0 Å². The van der Waals surface area contributed by atoms with E-state index in [4.69, 9.17) is 0 Å². The van der Waals surface area contributed by atoms with Crippen LogP contribution in [0.4, 0.5) is 0 Å². The second-order valence-electron chi connectivity index (χ2n) is 4.39. The topological polar surface area (TPSA) is 3.24 Å². The second kappa shape index (κ2) is 7.16. The summed E-state index contributed by atoms with van der Waals surface area (Å²) in [5, 5.41) is 0. The Hall–Kier alpha value is -1.24. The summed E-state index contributed by atoms with van der Waals surface area (Å²) in [6.45, 7) is 7.56. The first-order valence-corrected chi connectivity index (χ1v) is 6.67. The predicted octanol–water partition coefficient (Wildman–Crippen LogP) is 4.45. The fourth-order valence-electron chi connectivity index (χ4n) is 2.15. The Bertz CT molecular complexity index is 356. The molecule has 0 spiro atoms. The molecule has 0 bridgehead atoms. The zero-order valence-electron chi connectivity index (χ0n) is 11.7. The lowest BCUT2D eigenvalue weighted by atomic mass is 9.92. The minimum atomic E-state index is 1.05. The normalized spacial score (nSPS) is 17.1. The number of hydrogen-bond acceptors (Lipinski definition) is 1. The largest absolute Gasteiger partial charge is 0.375 e. The van der Waals surface area contributed by atoms with Crippen molar-refractivity contribution in [2.75, 3.05) is 13.6 Å². The molecule has 0 aliphatic heterocycles. The first-order chi connectivity index (χ1) is 8.24. The van der Waals surface area contributed by atoms with Gasteiger partial charge in [-0.3, -0.25) is 0 Å². The van der Waals surface area contributed by atoms with Gasteiger partial charge in [-0.15, -0.1) is 0 Å². The van der Waals surface area contributed by atoms with Crippen molar-refractivity contribution in [3.05, 3.63) is 47.2 Å². The molecule has 0 aromatic heterocycles. The van der Waals surface area contributed by atoms with E-state index < -0.39 is 0 Å². The molecule has 0 saturated carbocycles. The maximum atomic E-state index is 2.34. The molecule has 0 atom stereocenters. The SMILES string of the molecule is C/C=C\C=C(\C1=C(CC)C=CCC1)N(C)CC. The summed E-state index contributed by atoms with van der Waals surface area (Å²) in [5.41, 5.74) is 4.40. The van der Waals surface area contributed by atoms with E-state index in [-0.39, 0.29) is 0 Å². The van der Waals surface area contributed by atoms with Gasteiger partial charge in [0.25, 0.3) is 0 Å². The third-order valence-electron chi connectivity index (χ3n) is 3.29. The van der Waals surface area contributed by atoms with Gasteiger partial charge >= 0.3 is 0 Å². The summed E-state index contributed by atoms with van der Waals surface area (Å²) >= 11 is 0. The van der Waals surface area contributed by atoms with Crippen LogP contribution in [0.2, 0.25) is 0 Å². The quantitative estimate of drug-likeness (QED) is 0.632. The van der Waals surface area contributed by atoms with Crippen molar-refractivity contribution in [3.8, 4) is 0 Å². The molecule has 0 heterocycles. The van der Waals surface area contributed by atoms with Gasteiger partial charge in [0.05, 0.1) is 0 Å². The Morgan fingerprint density at radius 2 is 2.18 bits per heavy atom. The highest BCUT2D eigenvalue weighted by molar-refractivity contribution is 5.43. The van der Waals surface area contributed by atoms with E-state index in [1.165, 1.54) is 29.7 Å². The summed E-state index contributed by atoms with van der Waals surface area (Å²) in [4.78, 5) is 2.34. The standard InChI is InChI=1S/C16H25N/c1-5-8-13-16(17(4)7-3)15-12-10-9-11-14(15)6-2/h5,8-9,11,13H,6-7,10,12H2,1-4H3/b8-5-,16-13-. The van der Waals surface area contributed by atoms with E-state index in [9.17, 15) is 0 Å². The first-order valence-electron chi connectivity index (χ1n) is 6.67. The summed E-state index contributed by atoms with van der Waals surface area (Å²) in [5.74, 6) is 0. The van der Waals surface area contributed by atoms with Crippen molar-refractivity contribution < 1.29 is 0 Å². The molecule has 1 rings (SSSR count). The average Bonchev–Trinajstić information content (AvgIpc) is 2.39. The Labute approximate surface area is 106 Å². The van der Waals surface area contributed by atoms with E-state index in [1.54, 1.807) is 0 Å². The fourth-order valence-corrected chi connectivity index (χ4v) is 2.15. The van der Waals surface area contributed by atoms with Gasteiger partial charge in [-0.1, -0.05) is 31.2 Å². The Kier molecular flexibility index (Phi) is 5.82. The molecule has 0 aromatic rings. The highest BCUT2D eigenvalue weighted by atomic mass is 15.1. The molecular formula is C16H25N. The molecule has 0 saturated heterocycles. The fraction of sp³-hybridized carbons (Fsp3) is 0.500. The van der Waals surface area contributed by atoms with Crippen molar-refractivity contribution in [1.29, 1.82) is 0 Å². The monoisotopic (exact) mass is 231 g/mol. The van der Waals surface area contributed by atoms with Crippen molar-refractivity contribution in [1.82, 2.24) is 4.90 Å². The first kappa shape index (κ1) is 13.8. The summed E-state index contributed by atoms with van der Waals surface area (Å²) in [7, 11) is 2.17. The van der Waals surface area contributed by atoms with Crippen LogP contribution in [0, 0.1) is 0 Å². The number of hydrogen-bond donors (Lipinski definition) is 0. The third kappa shape index (κ3) is 3.62. The zero-order valence-corrected chi connectivity index (χ0v) is 11.7. The molecule has 94 valence electrons. The maximum Gasteiger partial charge on any atom is 0.0398 e. The molecule has 0 fully saturated rings. The smallest absolute Gasteiger partial charge is 0.0398 e. The highest BCUT2D eigenvalue weighted by Crippen LogP contribution is 2.28. The van der Waals surface area contributed by atoms with Crippen LogP contribution in [-0.2, 0) is 0 Å². The molecule has 0 radical (unpaired) electrons. The van der Waals surface area contributed by atoms with Crippen LogP contribution in [0.1, 0.15) is 40.0 Å². The number of allylic oxidation sites excluding steroid dienone is 7. The molecule has 0 aromatic carbocycles. The lowest BCUT2D eigenvalue weighted by molar-refractivity contribution is 0.445. The van der Waals surface area contributed by atoms with E-state index in [0.717, 1.165) is 13.0 Å². The summed E-state index contributed by atoms with van der Waals surface area (Å²) in [6, 6.07) is 0. The van der Waals surface area contributed by atoms with E-state index in [1.807, 2.05) is 0 Å². The summed E-state index contributed by atoms with van der Waals surface area (Å²) < 4.78 is 0. The average molecular weight is 231 g/mol. The highest BCUT2D eigenvalue weighted by Gasteiger charge is 2.13. The molecule has 0 amide bonds. The lowest BCUT2D eigenvalue weighted by Crippen LogP contribution is -2.19. The van der Waals surface area contributed by atoms with Gasteiger partial charge in [0.2, 0.25) is 0 Å². The minimum Gasteiger partial charge on any atom is -0.375 e. The van der Waals surface area contributed by atoms with Gasteiger partial charge in [0.15, 0.2) is 0 Å². The van der Waals surface area contributed by atoms with Gasteiger partial charge in [-0.05, 0) is 50.3 Å². The molecule has 1 aliphatic rings. The molecule has 1 heteroatoms. The Morgan fingerprint density at radius 1 is 1.41 bits per heavy atom. The van der Waals surface area contributed by atoms with Crippen LogP contribution in [0.5, 0.6) is 0 Å². The van der Waals surface area contributed by atoms with E-state index in [0.29, 0.717) is 0 Å². The number of rotatable bonds is 5. The van der Waals surface area contributed by atoms with Crippen LogP contribution < -0.4 is 0 Å². The van der Waals surface area contributed by atoms with Gasteiger partial charge < -0.3 is 4.90 Å². The van der Waals surface area contributed by atoms with Crippen LogP contribution in [0.15, 0.2) is 47.2 Å². The van der Waals surface area contributed by atoms with Gasteiger partial charge in [-0.25, -0.2) is 0 Å². The Morgan fingerprint density at radius 3 is 2.76 bits per heavy atom. The van der Waals surface area contributed by atoms with Crippen LogP contribution in [0.25, 0.3) is 0 Å². The van der Waals surface area contributed by atoms with Crippen molar-refractivity contribution in [2.24, 2.45) is 0 Å². The van der Waals surface area contributed by atoms with Crippen LogP contribution in [0.3, 0.4) is 0 Å². The molecule has 17 heavy (non-hydrogen) atoms. The zero-order chi connectivity index (χ0) is 12.7.